The first-order valence-corrected chi connectivity index (χ1v) is 6.06. The van der Waals surface area contributed by atoms with Gasteiger partial charge in [0, 0.05) is 30.0 Å². The first-order chi connectivity index (χ1) is 7.26. The van der Waals surface area contributed by atoms with Gasteiger partial charge in [-0.25, -0.2) is 0 Å². The highest BCUT2D eigenvalue weighted by Crippen LogP contribution is 2.14. The Morgan fingerprint density at radius 2 is 2.33 bits per heavy atom. The van der Waals surface area contributed by atoms with Crippen molar-refractivity contribution < 1.29 is 4.74 Å². The van der Waals surface area contributed by atoms with Gasteiger partial charge < -0.3 is 15.8 Å². The molecule has 1 heterocycles. The number of hydrogen-bond donors (Lipinski definition) is 2. The molecule has 1 atom stereocenters. The van der Waals surface area contributed by atoms with Gasteiger partial charge in [0.25, 0.3) is 0 Å². The molecule has 0 aromatic carbocycles. The lowest BCUT2D eigenvalue weighted by atomic mass is 10.2. The maximum atomic E-state index is 5.53. The summed E-state index contributed by atoms with van der Waals surface area (Å²) < 4.78 is 5.19. The second-order valence-corrected chi connectivity index (χ2v) is 4.94. The molecule has 0 fully saturated rings. The van der Waals surface area contributed by atoms with Crippen LogP contribution >= 0.6 is 11.3 Å². The van der Waals surface area contributed by atoms with Crippen LogP contribution in [0.15, 0.2) is 12.1 Å². The number of nitrogens with one attached hydrogen (secondary N) is 1. The Morgan fingerprint density at radius 3 is 2.87 bits per heavy atom. The van der Waals surface area contributed by atoms with E-state index < -0.39 is 0 Å². The molecule has 0 bridgehead atoms. The van der Waals surface area contributed by atoms with E-state index in [2.05, 4.69) is 24.4 Å². The van der Waals surface area contributed by atoms with E-state index >= 15 is 0 Å². The average molecular weight is 228 g/mol. The molecule has 0 aliphatic heterocycles. The summed E-state index contributed by atoms with van der Waals surface area (Å²) in [5.41, 5.74) is 5.53. The van der Waals surface area contributed by atoms with Crippen LogP contribution in [0.4, 0.5) is 0 Å². The zero-order chi connectivity index (χ0) is 11.1. The highest BCUT2D eigenvalue weighted by atomic mass is 32.1. The predicted molar refractivity (Wildman–Crippen MR) is 65.2 cm³/mol. The van der Waals surface area contributed by atoms with Crippen molar-refractivity contribution in [3.05, 3.63) is 21.9 Å². The molecular weight excluding hydrogens is 208 g/mol. The number of rotatable bonds is 7. The van der Waals surface area contributed by atoms with Gasteiger partial charge in [-0.3, -0.25) is 0 Å². The summed E-state index contributed by atoms with van der Waals surface area (Å²) in [6.45, 7) is 4.62. The van der Waals surface area contributed by atoms with Crippen LogP contribution in [-0.4, -0.2) is 26.3 Å². The molecule has 1 rings (SSSR count). The molecule has 3 N–H and O–H groups in total. The molecule has 15 heavy (non-hydrogen) atoms. The number of thiophene rings is 1. The van der Waals surface area contributed by atoms with Gasteiger partial charge in [-0.15, -0.1) is 11.3 Å². The van der Waals surface area contributed by atoms with Crippen LogP contribution in [0.1, 0.15) is 16.2 Å². The minimum atomic E-state index is 0.183. The standard InChI is InChI=1S/C11H20N2OS/c1-9-3-4-11(15-9)8-13-6-5-10(7-12)14-2/h3-4,10,13H,5-8,12H2,1-2H3. The van der Waals surface area contributed by atoms with Crippen molar-refractivity contribution in [3.63, 3.8) is 0 Å². The summed E-state index contributed by atoms with van der Waals surface area (Å²) >= 11 is 1.84. The maximum absolute atomic E-state index is 5.53. The molecule has 0 aliphatic rings. The minimum absolute atomic E-state index is 0.183. The monoisotopic (exact) mass is 228 g/mol. The lowest BCUT2D eigenvalue weighted by Crippen LogP contribution is -2.27. The van der Waals surface area contributed by atoms with Crippen molar-refractivity contribution in [2.75, 3.05) is 20.2 Å². The molecule has 0 aliphatic carbocycles. The fraction of sp³-hybridized carbons (Fsp3) is 0.636. The zero-order valence-electron chi connectivity index (χ0n) is 9.45. The molecule has 3 nitrogen and oxygen atoms in total. The molecule has 0 radical (unpaired) electrons. The zero-order valence-corrected chi connectivity index (χ0v) is 10.3. The summed E-state index contributed by atoms with van der Waals surface area (Å²) in [4.78, 5) is 2.75. The molecule has 0 amide bonds. The summed E-state index contributed by atoms with van der Waals surface area (Å²) in [7, 11) is 1.71. The number of hydrogen-bond acceptors (Lipinski definition) is 4. The van der Waals surface area contributed by atoms with Crippen LogP contribution in [0.2, 0.25) is 0 Å². The number of nitrogens with two attached hydrogens (primary N) is 1. The van der Waals surface area contributed by atoms with Gasteiger partial charge in [0.1, 0.15) is 0 Å². The van der Waals surface area contributed by atoms with Gasteiger partial charge in [0.05, 0.1) is 6.10 Å². The molecule has 0 spiro atoms. The molecule has 0 saturated carbocycles. The minimum Gasteiger partial charge on any atom is -0.380 e. The Hall–Kier alpha value is -0.420. The highest BCUT2D eigenvalue weighted by molar-refractivity contribution is 7.11. The van der Waals surface area contributed by atoms with Crippen LogP contribution in [-0.2, 0) is 11.3 Å². The maximum Gasteiger partial charge on any atom is 0.0705 e. The summed E-state index contributed by atoms with van der Waals surface area (Å²) in [5.74, 6) is 0. The van der Waals surface area contributed by atoms with Crippen molar-refractivity contribution in [3.8, 4) is 0 Å². The van der Waals surface area contributed by atoms with E-state index in [1.807, 2.05) is 11.3 Å². The van der Waals surface area contributed by atoms with Gasteiger partial charge in [0.15, 0.2) is 0 Å². The molecular formula is C11H20N2OS. The van der Waals surface area contributed by atoms with E-state index in [0.717, 1.165) is 19.5 Å². The SMILES string of the molecule is COC(CN)CCNCc1ccc(C)s1. The quantitative estimate of drug-likeness (QED) is 0.695. The predicted octanol–water partition coefficient (Wildman–Crippen LogP) is 1.51. The smallest absolute Gasteiger partial charge is 0.0705 e. The van der Waals surface area contributed by atoms with Crippen LogP contribution in [0.5, 0.6) is 0 Å². The fourth-order valence-corrected chi connectivity index (χ4v) is 2.25. The number of methoxy groups -OCH3 is 1. The molecule has 86 valence electrons. The third-order valence-electron chi connectivity index (χ3n) is 2.33. The summed E-state index contributed by atoms with van der Waals surface area (Å²) in [5, 5.41) is 3.39. The first-order valence-electron chi connectivity index (χ1n) is 5.25. The lowest BCUT2D eigenvalue weighted by Gasteiger charge is -2.12. The number of ether oxygens (including phenoxy) is 1. The van der Waals surface area contributed by atoms with Crippen LogP contribution in [0, 0.1) is 6.92 Å². The van der Waals surface area contributed by atoms with Gasteiger partial charge in [-0.2, -0.15) is 0 Å². The van der Waals surface area contributed by atoms with Crippen molar-refractivity contribution in [1.29, 1.82) is 0 Å². The summed E-state index contributed by atoms with van der Waals surface area (Å²) in [6.07, 6.45) is 1.15. The third-order valence-corrected chi connectivity index (χ3v) is 3.34. The van der Waals surface area contributed by atoms with Crippen LogP contribution in [0.3, 0.4) is 0 Å². The Balaban J connectivity index is 2.11. The first kappa shape index (κ1) is 12.6. The van der Waals surface area contributed by atoms with E-state index in [1.165, 1.54) is 9.75 Å². The molecule has 0 saturated heterocycles. The normalized spacial score (nSPS) is 13.0. The molecule has 1 aromatic heterocycles. The van der Waals surface area contributed by atoms with Crippen molar-refractivity contribution in [2.24, 2.45) is 5.73 Å². The average Bonchev–Trinajstić information content (AvgIpc) is 2.65. The third kappa shape index (κ3) is 4.75. The Morgan fingerprint density at radius 1 is 1.53 bits per heavy atom. The lowest BCUT2D eigenvalue weighted by molar-refractivity contribution is 0.102. The van der Waals surface area contributed by atoms with Gasteiger partial charge in [-0.1, -0.05) is 0 Å². The van der Waals surface area contributed by atoms with Crippen molar-refractivity contribution >= 4 is 11.3 Å². The van der Waals surface area contributed by atoms with E-state index in [9.17, 15) is 0 Å². The Bertz CT molecular complexity index is 271. The fourth-order valence-electron chi connectivity index (χ4n) is 1.39. The van der Waals surface area contributed by atoms with E-state index in [1.54, 1.807) is 7.11 Å². The highest BCUT2D eigenvalue weighted by Gasteiger charge is 2.03. The topological polar surface area (TPSA) is 47.3 Å². The Kier molecular flexibility index (Phi) is 5.86. The Labute approximate surface area is 95.6 Å². The second kappa shape index (κ2) is 6.95. The van der Waals surface area contributed by atoms with Gasteiger partial charge in [-0.05, 0) is 32.0 Å². The second-order valence-electron chi connectivity index (χ2n) is 3.57. The number of aryl methyl sites for hydroxylation is 1. The summed E-state index contributed by atoms with van der Waals surface area (Å²) in [6, 6.07) is 4.32. The molecule has 1 aromatic rings. The van der Waals surface area contributed by atoms with Gasteiger partial charge >= 0.3 is 0 Å². The van der Waals surface area contributed by atoms with Gasteiger partial charge in [0.2, 0.25) is 0 Å². The van der Waals surface area contributed by atoms with Crippen molar-refractivity contribution in [2.45, 2.75) is 26.0 Å². The van der Waals surface area contributed by atoms with E-state index in [-0.39, 0.29) is 6.10 Å². The molecule has 4 heteroatoms. The van der Waals surface area contributed by atoms with E-state index in [4.69, 9.17) is 10.5 Å². The van der Waals surface area contributed by atoms with E-state index in [0.29, 0.717) is 6.54 Å². The van der Waals surface area contributed by atoms with Crippen LogP contribution in [0.25, 0.3) is 0 Å². The largest absolute Gasteiger partial charge is 0.380 e. The van der Waals surface area contributed by atoms with Crippen molar-refractivity contribution in [1.82, 2.24) is 5.32 Å². The van der Waals surface area contributed by atoms with Crippen LogP contribution < -0.4 is 11.1 Å². The molecule has 1 unspecified atom stereocenters.